The van der Waals surface area contributed by atoms with Gasteiger partial charge in [-0.25, -0.2) is 4.85 Å². The minimum Gasteiger partial charge on any atom is -0.309 e. The van der Waals surface area contributed by atoms with E-state index in [4.69, 9.17) is 6.57 Å². The first-order valence-corrected chi connectivity index (χ1v) is 47.7. The summed E-state index contributed by atoms with van der Waals surface area (Å²) in [7, 11) is 0. The van der Waals surface area contributed by atoms with Crippen molar-refractivity contribution in [2.75, 3.05) is 0 Å². The smallest absolute Gasteiger partial charge is 0.188 e. The SMILES string of the molecule is N#Cc1ccc(-c2ccc(-n3c4ccccc4c4c(C#N)cccc43)cc2)c(-c2ccccc2-n2c3ccccc3c3ccccc32)c1.N#Cc1ccc(-c2ccccc2-n2c3ccccc3c3cccc(C#N)c32)c(-c2ccc(-n3c4ccccc4c4ccccc43)cc2)c1.[C-]#[N+]c1ccc2c(c1)c1ccccc1n2-c1ccc(-c2ccc(C#N)cc2-c2ccccc2-n2c3ccccc3c3ccccc32)cc1. The number of hydrogen-bond donors (Lipinski definition) is 0. The normalized spacial score (nSPS) is 11.3. The molecule has 0 unspecified atom stereocenters. The number of para-hydroxylation sites is 13. The molecule has 0 fully saturated rings. The van der Waals surface area contributed by atoms with Gasteiger partial charge < -0.3 is 27.4 Å². The molecule has 0 N–H and O–H groups in total. The molecule has 27 rings (SSSR count). The molecular weight excluding hydrogens is 1750 g/mol. The van der Waals surface area contributed by atoms with Crippen molar-refractivity contribution < 1.29 is 0 Å². The van der Waals surface area contributed by atoms with E-state index in [9.17, 15) is 26.3 Å². The van der Waals surface area contributed by atoms with E-state index in [1.54, 1.807) is 0 Å². The van der Waals surface area contributed by atoms with Gasteiger partial charge in [0.2, 0.25) is 0 Å². The second-order valence-electron chi connectivity index (χ2n) is 35.9. The molecule has 144 heavy (non-hydrogen) atoms. The Balaban J connectivity index is 0.000000113. The molecule has 12 nitrogen and oxygen atoms in total. The number of rotatable bonds is 12. The molecule has 0 aliphatic carbocycles. The standard InChI is InChI=1S/3C44H26N4/c1-46-31-21-25-44-39(27-31)37-13-5-6-14-40(37)47(44)32-22-19-30(20-23-32)33-24-18-29(28-45)26-38(33)36-12-4-9-17-43(36)48-41-15-7-2-10-34(41)35-11-3-8-16-42(35)48;45-27-29-20-25-33(34-11-1-7-18-42(34)48-43-19-8-4-14-37(43)38-15-9-10-31(28-46)44(38)48)39(26-29)30-21-23-32(24-22-30)47-40-16-5-2-12-35(40)36-13-3-6-17-41(36)47;45-27-29-20-25-33(30-21-23-32(24-22-30)47-42-18-8-4-14-37(42)44-31(28-46)10-9-19-43(44)47)38(26-29)36-13-3-7-17-41(36)48-39-15-5-1-11-34(39)35-12-2-6-16-40(35)48/h2-27H;2*1-26H. The minimum absolute atomic E-state index is 0.598. The van der Waals surface area contributed by atoms with E-state index in [-0.39, 0.29) is 0 Å². The maximum atomic E-state index is 10.2. The van der Waals surface area contributed by atoms with Crippen molar-refractivity contribution in [1.29, 1.82) is 26.3 Å². The summed E-state index contributed by atoms with van der Waals surface area (Å²) in [6, 6.07) is 175. The van der Waals surface area contributed by atoms with E-state index in [1.165, 1.54) is 32.3 Å². The third-order valence-electron chi connectivity index (χ3n) is 28.2. The summed E-state index contributed by atoms with van der Waals surface area (Å²) < 4.78 is 13.7. The largest absolute Gasteiger partial charge is 0.309 e. The van der Waals surface area contributed by atoms with Gasteiger partial charge in [-0.05, 0) is 231 Å². The van der Waals surface area contributed by atoms with Gasteiger partial charge >= 0.3 is 0 Å². The fraction of sp³-hybridized carbons (Fsp3) is 0. The molecule has 0 aliphatic heterocycles. The lowest BCUT2D eigenvalue weighted by Crippen LogP contribution is -1.99. The molecule has 0 amide bonds. The molecule has 0 bridgehead atoms. The molecule has 0 saturated heterocycles. The van der Waals surface area contributed by atoms with Gasteiger partial charge in [0.25, 0.3) is 0 Å². The molecule has 6 aromatic heterocycles. The van der Waals surface area contributed by atoms with Crippen molar-refractivity contribution in [3.8, 4) is 131 Å². The molecule has 27 aromatic rings. The predicted octanol–water partition coefficient (Wildman–Crippen LogP) is 33.6. The first-order chi connectivity index (χ1) is 71.2. The second kappa shape index (κ2) is 35.5. The lowest BCUT2D eigenvalue weighted by Gasteiger charge is -2.18. The number of aromatic nitrogens is 6. The molecule has 0 aliphatic rings. The van der Waals surface area contributed by atoms with Crippen LogP contribution in [0, 0.1) is 63.2 Å². The number of benzene rings is 21. The fourth-order valence-corrected chi connectivity index (χ4v) is 21.9. The number of nitriles is 5. The highest BCUT2D eigenvalue weighted by Crippen LogP contribution is 2.48. The minimum atomic E-state index is 0.598. The summed E-state index contributed by atoms with van der Waals surface area (Å²) in [5.41, 5.74) is 35.3. The average molecular weight is 1830 g/mol. The van der Waals surface area contributed by atoms with Crippen LogP contribution in [-0.4, -0.2) is 27.4 Å². The Morgan fingerprint density at radius 1 is 0.181 bits per heavy atom. The van der Waals surface area contributed by atoms with Crippen LogP contribution < -0.4 is 0 Å². The maximum Gasteiger partial charge on any atom is 0.188 e. The Labute approximate surface area is 828 Å². The van der Waals surface area contributed by atoms with Gasteiger partial charge in [0, 0.05) is 93.0 Å². The zero-order valence-corrected chi connectivity index (χ0v) is 77.4. The van der Waals surface area contributed by atoms with Crippen LogP contribution in [-0.2, 0) is 0 Å². The molecule has 666 valence electrons. The van der Waals surface area contributed by atoms with Gasteiger partial charge in [0.1, 0.15) is 6.07 Å². The zero-order valence-electron chi connectivity index (χ0n) is 77.4. The Morgan fingerprint density at radius 2 is 0.465 bits per heavy atom. The van der Waals surface area contributed by atoms with Gasteiger partial charge in [-0.2, -0.15) is 26.3 Å². The topological polar surface area (TPSA) is 153 Å². The first-order valence-electron chi connectivity index (χ1n) is 47.7. The van der Waals surface area contributed by atoms with Gasteiger partial charge in [0.05, 0.1) is 142 Å². The Morgan fingerprint density at radius 3 is 0.868 bits per heavy atom. The highest BCUT2D eigenvalue weighted by molar-refractivity contribution is 6.17. The van der Waals surface area contributed by atoms with Crippen LogP contribution in [0.3, 0.4) is 0 Å². The van der Waals surface area contributed by atoms with Crippen molar-refractivity contribution in [1.82, 2.24) is 27.4 Å². The lowest BCUT2D eigenvalue weighted by atomic mass is 9.91. The second-order valence-corrected chi connectivity index (χ2v) is 35.9. The van der Waals surface area contributed by atoms with Crippen molar-refractivity contribution in [3.63, 3.8) is 0 Å². The fourth-order valence-electron chi connectivity index (χ4n) is 21.9. The molecule has 21 aromatic carbocycles. The molecule has 0 radical (unpaired) electrons. The van der Waals surface area contributed by atoms with E-state index < -0.39 is 0 Å². The predicted molar refractivity (Wildman–Crippen MR) is 588 cm³/mol. The molecule has 0 atom stereocenters. The zero-order chi connectivity index (χ0) is 96.6. The molecule has 12 heteroatoms. The maximum absolute atomic E-state index is 10.2. The summed E-state index contributed by atoms with van der Waals surface area (Å²) in [6.07, 6.45) is 0. The van der Waals surface area contributed by atoms with E-state index in [2.05, 4.69) is 408 Å². The third kappa shape index (κ3) is 14.1. The van der Waals surface area contributed by atoms with Gasteiger partial charge in [-0.1, -0.05) is 297 Å². The van der Waals surface area contributed by atoms with E-state index in [1.807, 2.05) is 127 Å². The number of hydrogen-bond acceptors (Lipinski definition) is 5. The number of fused-ring (bicyclic) bond motifs is 18. The summed E-state index contributed by atoms with van der Waals surface area (Å²) in [6.45, 7) is 7.53. The van der Waals surface area contributed by atoms with Crippen LogP contribution in [0.25, 0.3) is 237 Å². The summed E-state index contributed by atoms with van der Waals surface area (Å²) in [5.74, 6) is 0. The van der Waals surface area contributed by atoms with Crippen LogP contribution in [0.2, 0.25) is 0 Å². The average Bonchev–Trinajstić information content (AvgIpc) is 1.61. The van der Waals surface area contributed by atoms with E-state index in [0.29, 0.717) is 33.5 Å². The van der Waals surface area contributed by atoms with Gasteiger partial charge in [-0.15, -0.1) is 0 Å². The van der Waals surface area contributed by atoms with E-state index >= 15 is 0 Å². The lowest BCUT2D eigenvalue weighted by molar-refractivity contribution is 1.18. The molecule has 6 heterocycles. The molecule has 0 saturated carbocycles. The summed E-state index contributed by atoms with van der Waals surface area (Å²) >= 11 is 0. The summed E-state index contributed by atoms with van der Waals surface area (Å²) in [5, 5.41) is 63.6. The highest BCUT2D eigenvalue weighted by atomic mass is 15.0. The number of nitrogens with zero attached hydrogens (tertiary/aromatic N) is 12. The van der Waals surface area contributed by atoms with Crippen LogP contribution in [0.15, 0.2) is 473 Å². The Kier molecular flexibility index (Phi) is 21.0. The van der Waals surface area contributed by atoms with Crippen LogP contribution in [0.1, 0.15) is 27.8 Å². The van der Waals surface area contributed by atoms with Gasteiger partial charge in [0.15, 0.2) is 5.69 Å². The van der Waals surface area contributed by atoms with Crippen molar-refractivity contribution in [2.45, 2.75) is 0 Å². The quantitative estimate of drug-likeness (QED) is 0.111. The van der Waals surface area contributed by atoms with E-state index in [0.717, 1.165) is 199 Å². The van der Waals surface area contributed by atoms with Crippen LogP contribution in [0.5, 0.6) is 0 Å². The Hall–Kier alpha value is -20.6. The van der Waals surface area contributed by atoms with Crippen LogP contribution >= 0.6 is 0 Å². The van der Waals surface area contributed by atoms with Crippen molar-refractivity contribution >= 4 is 137 Å². The summed E-state index contributed by atoms with van der Waals surface area (Å²) in [4.78, 5) is 3.67. The van der Waals surface area contributed by atoms with Crippen molar-refractivity contribution in [2.24, 2.45) is 0 Å². The molecular formula is C132H78N12. The van der Waals surface area contributed by atoms with Gasteiger partial charge in [-0.3, -0.25) is 0 Å². The van der Waals surface area contributed by atoms with Crippen LogP contribution in [0.4, 0.5) is 5.69 Å². The Bertz CT molecular complexity index is 10100. The monoisotopic (exact) mass is 1830 g/mol. The molecule has 0 spiro atoms. The highest BCUT2D eigenvalue weighted by Gasteiger charge is 2.26. The third-order valence-corrected chi connectivity index (χ3v) is 28.2. The first kappa shape index (κ1) is 85.1. The van der Waals surface area contributed by atoms with Crippen molar-refractivity contribution in [3.05, 3.63) is 512 Å².